The van der Waals surface area contributed by atoms with Crippen LogP contribution in [0.15, 0.2) is 0 Å². The Kier molecular flexibility index (Phi) is 25.3. The van der Waals surface area contributed by atoms with E-state index in [1.165, 1.54) is 0 Å². The molecule has 8 heavy (non-hydrogen) atoms. The average molecular weight is 350 g/mol. The third-order valence-corrected chi connectivity index (χ3v) is 0. The molecule has 0 aliphatic heterocycles. The monoisotopic (exact) mass is 350 g/mol. The molecule has 0 unspecified atom stereocenters. The van der Waals surface area contributed by atoms with Gasteiger partial charge in [0, 0.05) is 0 Å². The van der Waals surface area contributed by atoms with Crippen molar-refractivity contribution in [2.24, 2.45) is 0 Å². The van der Waals surface area contributed by atoms with Gasteiger partial charge in [0.05, 0.1) is 0 Å². The molecule has 0 aromatic carbocycles. The average Bonchev–Trinajstić information content (AvgIpc) is 0.722. The number of rotatable bonds is 0. The van der Waals surface area contributed by atoms with Crippen molar-refractivity contribution in [3.8, 4) is 0 Å². The van der Waals surface area contributed by atoms with Gasteiger partial charge in [-0.2, -0.15) is 0 Å². The maximum atomic E-state index is 8.89. The van der Waals surface area contributed by atoms with Crippen LogP contribution in [-0.4, -0.2) is 18.8 Å². The largest absolute Gasteiger partial charge is 1.00 e. The minimum Gasteiger partial charge on any atom is -0.780 e. The Balaban J connectivity index is -0.0000000267. The van der Waals surface area contributed by atoms with Gasteiger partial charge < -0.3 is 14.6 Å². The quantitative estimate of drug-likeness (QED) is 0.410. The second-order valence-electron chi connectivity index (χ2n) is 0.408. The summed E-state index contributed by atoms with van der Waals surface area (Å²) in [4.78, 5) is 0. The molecular weight excluding hydrogens is 348 g/mol. The van der Waals surface area contributed by atoms with Gasteiger partial charge in [0.2, 0.25) is 0 Å². The van der Waals surface area contributed by atoms with E-state index in [0.29, 0.717) is 0 Å². The molecule has 0 saturated heterocycles. The van der Waals surface area contributed by atoms with Gasteiger partial charge in [-0.25, -0.2) is 0 Å². The van der Waals surface area contributed by atoms with Crippen LogP contribution in [0.4, 0.5) is 0 Å². The molecule has 0 bridgehead atoms. The summed E-state index contributed by atoms with van der Waals surface area (Å²) in [7, 11) is -4.33. The SMILES string of the molecule is O.O=S([O-])([O-])=S.[Au+].[Na+]. The van der Waals surface area contributed by atoms with E-state index in [0.717, 1.165) is 0 Å². The van der Waals surface area contributed by atoms with Crippen LogP contribution >= 0.6 is 0 Å². The van der Waals surface area contributed by atoms with E-state index in [1.54, 1.807) is 0 Å². The molecule has 0 aromatic rings. The zero-order chi connectivity index (χ0) is 4.50. The van der Waals surface area contributed by atoms with Crippen molar-refractivity contribution in [2.75, 3.05) is 0 Å². The molecule has 8 heteroatoms. The van der Waals surface area contributed by atoms with Crippen molar-refractivity contribution in [3.05, 3.63) is 0 Å². The van der Waals surface area contributed by atoms with Crippen LogP contribution in [0, 0.1) is 0 Å². The van der Waals surface area contributed by atoms with E-state index in [2.05, 4.69) is 11.2 Å². The minimum atomic E-state index is -4.33. The molecule has 0 aliphatic carbocycles. The van der Waals surface area contributed by atoms with Crippen LogP contribution in [0.1, 0.15) is 0 Å². The normalized spacial score (nSPS) is 7.25. The second kappa shape index (κ2) is 8.99. The molecule has 0 aliphatic rings. The fourth-order valence-electron chi connectivity index (χ4n) is 0. The van der Waals surface area contributed by atoms with Crippen LogP contribution < -0.4 is 29.6 Å². The fraction of sp³-hybridized carbons (Fsp3) is 0. The van der Waals surface area contributed by atoms with E-state index in [1.807, 2.05) is 0 Å². The van der Waals surface area contributed by atoms with Crippen LogP contribution in [0.2, 0.25) is 0 Å². The van der Waals surface area contributed by atoms with E-state index in [9.17, 15) is 0 Å². The predicted octanol–water partition coefficient (Wildman–Crippen LogP) is -4.83. The van der Waals surface area contributed by atoms with Crippen LogP contribution in [0.5, 0.6) is 0 Å². The summed E-state index contributed by atoms with van der Waals surface area (Å²) in [6.45, 7) is 0. The minimum absolute atomic E-state index is 0. The molecule has 0 radical (unpaired) electrons. The second-order valence-corrected chi connectivity index (χ2v) is 2.45. The topological polar surface area (TPSA) is 94.7 Å². The van der Waals surface area contributed by atoms with Crippen molar-refractivity contribution >= 4 is 20.2 Å². The predicted molar refractivity (Wildman–Crippen MR) is 20.7 cm³/mol. The van der Waals surface area contributed by atoms with E-state index >= 15 is 0 Å². The van der Waals surface area contributed by atoms with Crippen molar-refractivity contribution in [3.63, 3.8) is 0 Å². The molecule has 50 valence electrons. The molecular formula is H2AuNaO4S2. The first-order valence-electron chi connectivity index (χ1n) is 0.667. The summed E-state index contributed by atoms with van der Waals surface area (Å²) < 4.78 is 26.7. The number of hydrogen-bond donors (Lipinski definition) is 0. The molecule has 0 amide bonds. The Morgan fingerprint density at radius 2 is 1.38 bits per heavy atom. The van der Waals surface area contributed by atoms with Crippen LogP contribution in [0.3, 0.4) is 0 Å². The molecule has 0 aromatic heterocycles. The Labute approximate surface area is 89.9 Å². The number of hydrogen-bond acceptors (Lipinski definition) is 4. The maximum Gasteiger partial charge on any atom is 1.00 e. The Morgan fingerprint density at radius 3 is 1.38 bits per heavy atom. The summed E-state index contributed by atoms with van der Waals surface area (Å²) in [6, 6.07) is 0. The van der Waals surface area contributed by atoms with Gasteiger partial charge in [0.25, 0.3) is 0 Å². The molecule has 0 spiro atoms. The van der Waals surface area contributed by atoms with E-state index in [-0.39, 0.29) is 57.4 Å². The van der Waals surface area contributed by atoms with E-state index < -0.39 is 9.05 Å². The Hall–Kier alpha value is 1.99. The summed E-state index contributed by atoms with van der Waals surface area (Å²) in [6.07, 6.45) is 0. The summed E-state index contributed by atoms with van der Waals surface area (Å²) in [5.74, 6) is 0. The van der Waals surface area contributed by atoms with Crippen molar-refractivity contribution < 1.29 is 70.7 Å². The smallest absolute Gasteiger partial charge is 0.780 e. The fourth-order valence-corrected chi connectivity index (χ4v) is 0. The zero-order valence-corrected chi connectivity index (χ0v) is 9.64. The first-order chi connectivity index (χ1) is 2.00. The van der Waals surface area contributed by atoms with Crippen molar-refractivity contribution in [2.45, 2.75) is 0 Å². The molecule has 0 heterocycles. The van der Waals surface area contributed by atoms with Crippen molar-refractivity contribution in [1.29, 1.82) is 0 Å². The Morgan fingerprint density at radius 1 is 1.38 bits per heavy atom. The van der Waals surface area contributed by atoms with Gasteiger partial charge in [0.15, 0.2) is 0 Å². The third kappa shape index (κ3) is 98.6. The van der Waals surface area contributed by atoms with Gasteiger partial charge >= 0.3 is 51.9 Å². The van der Waals surface area contributed by atoms with Crippen LogP contribution in [0.25, 0.3) is 0 Å². The standard InChI is InChI=1S/Au.Na.H2O3S2.H2O/c;;1-5(2,3)4;/h;;(H2,1,2,3,4);1H2/q2*+1;;/p-2. The Bertz CT molecular complexity index is 97.2. The first kappa shape index (κ1) is 22.5. The molecule has 0 saturated carbocycles. The maximum absolute atomic E-state index is 8.89. The van der Waals surface area contributed by atoms with E-state index in [4.69, 9.17) is 13.3 Å². The van der Waals surface area contributed by atoms with Gasteiger partial charge in [-0.15, -0.1) is 9.05 Å². The third-order valence-electron chi connectivity index (χ3n) is 0. The van der Waals surface area contributed by atoms with Gasteiger partial charge in [-0.05, 0) is 11.2 Å². The van der Waals surface area contributed by atoms with Gasteiger partial charge in [-0.1, -0.05) is 0 Å². The molecule has 0 fully saturated rings. The van der Waals surface area contributed by atoms with Gasteiger partial charge in [-0.3, -0.25) is 4.21 Å². The van der Waals surface area contributed by atoms with Crippen molar-refractivity contribution in [1.82, 2.24) is 0 Å². The summed E-state index contributed by atoms with van der Waals surface area (Å²) in [5, 5.41) is 0. The zero-order valence-electron chi connectivity index (χ0n) is 3.84. The molecule has 4 nitrogen and oxygen atoms in total. The summed E-state index contributed by atoms with van der Waals surface area (Å²) in [5.41, 5.74) is 0. The molecule has 0 atom stereocenters. The van der Waals surface area contributed by atoms with Gasteiger partial charge in [0.1, 0.15) is 0 Å². The molecule has 0 rings (SSSR count). The summed E-state index contributed by atoms with van der Waals surface area (Å²) >= 11 is 3.24. The van der Waals surface area contributed by atoms with Crippen LogP contribution in [-0.2, 0) is 42.6 Å². The molecule has 2 N–H and O–H groups in total. The first-order valence-corrected chi connectivity index (χ1v) is 3.00.